The Morgan fingerprint density at radius 1 is 1.38 bits per heavy atom. The fraction of sp³-hybridized carbons (Fsp3) is 0.467. The number of hydrogen-bond donors (Lipinski definition) is 1. The van der Waals surface area contributed by atoms with Gasteiger partial charge in [-0.25, -0.2) is 0 Å². The van der Waals surface area contributed by atoms with Gasteiger partial charge in [0.15, 0.2) is 0 Å². The summed E-state index contributed by atoms with van der Waals surface area (Å²) in [5.74, 6) is 2.66. The zero-order valence-corrected chi connectivity index (χ0v) is 10.3. The molecule has 0 saturated heterocycles. The van der Waals surface area contributed by atoms with Crippen LogP contribution in [-0.2, 0) is 0 Å². The van der Waals surface area contributed by atoms with Crippen molar-refractivity contribution in [1.82, 2.24) is 0 Å². The van der Waals surface area contributed by atoms with Crippen LogP contribution in [0.25, 0.3) is 0 Å². The van der Waals surface area contributed by atoms with Gasteiger partial charge in [0.05, 0.1) is 0 Å². The Bertz CT molecular complexity index is 349. The van der Waals surface area contributed by atoms with E-state index in [9.17, 15) is 0 Å². The minimum atomic E-state index is 0.563. The monoisotopic (exact) mass is 215 g/mol. The first-order chi connectivity index (χ1) is 7.80. The molecule has 0 radical (unpaired) electrons. The lowest BCUT2D eigenvalue weighted by Crippen LogP contribution is -2.18. The maximum atomic E-state index is 5.38. The normalized spacial score (nSPS) is 11.8. The Labute approximate surface area is 99.3 Å². The van der Waals surface area contributed by atoms with Crippen LogP contribution in [0.2, 0.25) is 0 Å². The number of nitrogens with one attached hydrogen (secondary N) is 1. The summed E-state index contributed by atoms with van der Waals surface area (Å²) in [6.45, 7) is 4.45. The molecule has 86 valence electrons. The zero-order chi connectivity index (χ0) is 11.8. The molecule has 0 aliphatic rings. The number of rotatable bonds is 6. The Kier molecular flexibility index (Phi) is 5.50. The smallest absolute Gasteiger partial charge is 0.0354 e. The van der Waals surface area contributed by atoms with Crippen LogP contribution >= 0.6 is 0 Å². The highest BCUT2D eigenvalue weighted by atomic mass is 14.9. The molecular formula is C15H21N. The highest BCUT2D eigenvalue weighted by Gasteiger charge is 2.05. The van der Waals surface area contributed by atoms with Crippen LogP contribution in [0.1, 0.15) is 45.1 Å². The van der Waals surface area contributed by atoms with E-state index in [1.54, 1.807) is 0 Å². The lowest BCUT2D eigenvalue weighted by molar-refractivity contribution is 0.593. The predicted molar refractivity (Wildman–Crippen MR) is 71.6 cm³/mol. The van der Waals surface area contributed by atoms with Crippen molar-refractivity contribution < 1.29 is 0 Å². The lowest BCUT2D eigenvalue weighted by Gasteiger charge is -2.18. The van der Waals surface area contributed by atoms with E-state index in [0.717, 1.165) is 17.7 Å². The van der Waals surface area contributed by atoms with Crippen molar-refractivity contribution in [2.24, 2.45) is 0 Å². The van der Waals surface area contributed by atoms with Crippen LogP contribution in [-0.4, -0.2) is 6.04 Å². The highest BCUT2D eigenvalue weighted by molar-refractivity contribution is 5.50. The maximum Gasteiger partial charge on any atom is 0.0354 e. The second kappa shape index (κ2) is 6.95. The number of anilines is 1. The van der Waals surface area contributed by atoms with Crippen molar-refractivity contribution in [2.75, 3.05) is 5.32 Å². The first-order valence-electron chi connectivity index (χ1n) is 6.13. The molecule has 0 amide bonds. The molecule has 0 bridgehead atoms. The molecule has 1 aromatic rings. The SMILES string of the molecule is C#Cc1cccc(NC(CC)CCCC)c1. The second-order valence-corrected chi connectivity index (χ2v) is 4.12. The fourth-order valence-electron chi connectivity index (χ4n) is 1.76. The molecule has 1 rings (SSSR count). The summed E-state index contributed by atoms with van der Waals surface area (Å²) in [6, 6.07) is 8.64. The van der Waals surface area contributed by atoms with E-state index in [4.69, 9.17) is 6.42 Å². The summed E-state index contributed by atoms with van der Waals surface area (Å²) in [5, 5.41) is 3.54. The van der Waals surface area contributed by atoms with Crippen molar-refractivity contribution in [3.05, 3.63) is 29.8 Å². The summed E-state index contributed by atoms with van der Waals surface area (Å²) >= 11 is 0. The number of terminal acetylenes is 1. The van der Waals surface area contributed by atoms with E-state index in [-0.39, 0.29) is 0 Å². The Morgan fingerprint density at radius 3 is 2.81 bits per heavy atom. The summed E-state index contributed by atoms with van der Waals surface area (Å²) in [6.07, 6.45) is 10.3. The lowest BCUT2D eigenvalue weighted by atomic mass is 10.1. The van der Waals surface area contributed by atoms with Crippen molar-refractivity contribution in [3.63, 3.8) is 0 Å². The van der Waals surface area contributed by atoms with Crippen LogP contribution in [0.15, 0.2) is 24.3 Å². The molecule has 0 saturated carbocycles. The van der Waals surface area contributed by atoms with Gasteiger partial charge >= 0.3 is 0 Å². The van der Waals surface area contributed by atoms with Gasteiger partial charge in [-0.2, -0.15) is 0 Å². The molecule has 1 heteroatoms. The van der Waals surface area contributed by atoms with Crippen LogP contribution in [0.4, 0.5) is 5.69 Å². The molecule has 1 N–H and O–H groups in total. The molecule has 0 fully saturated rings. The minimum absolute atomic E-state index is 0.563. The molecule has 16 heavy (non-hydrogen) atoms. The molecule has 0 heterocycles. The van der Waals surface area contributed by atoms with Gasteiger partial charge < -0.3 is 5.32 Å². The van der Waals surface area contributed by atoms with Crippen molar-refractivity contribution in [2.45, 2.75) is 45.6 Å². The molecule has 1 atom stereocenters. The van der Waals surface area contributed by atoms with Crippen molar-refractivity contribution >= 4 is 5.69 Å². The molecule has 0 aromatic heterocycles. The summed E-state index contributed by atoms with van der Waals surface area (Å²) in [7, 11) is 0. The topological polar surface area (TPSA) is 12.0 Å². The fourth-order valence-corrected chi connectivity index (χ4v) is 1.76. The summed E-state index contributed by atoms with van der Waals surface area (Å²) in [5.41, 5.74) is 2.08. The van der Waals surface area contributed by atoms with E-state index in [1.807, 2.05) is 18.2 Å². The van der Waals surface area contributed by atoms with Gasteiger partial charge in [-0.3, -0.25) is 0 Å². The van der Waals surface area contributed by atoms with Gasteiger partial charge in [0.1, 0.15) is 0 Å². The Hall–Kier alpha value is -1.42. The molecule has 0 spiro atoms. The molecule has 1 aromatic carbocycles. The molecular weight excluding hydrogens is 194 g/mol. The van der Waals surface area contributed by atoms with Crippen LogP contribution in [0.5, 0.6) is 0 Å². The van der Waals surface area contributed by atoms with Gasteiger partial charge in [0, 0.05) is 17.3 Å². The summed E-state index contributed by atoms with van der Waals surface area (Å²) < 4.78 is 0. The Morgan fingerprint density at radius 2 is 2.19 bits per heavy atom. The molecule has 0 aliphatic heterocycles. The average molecular weight is 215 g/mol. The van der Waals surface area contributed by atoms with Crippen molar-refractivity contribution in [1.29, 1.82) is 0 Å². The van der Waals surface area contributed by atoms with Crippen LogP contribution in [0.3, 0.4) is 0 Å². The van der Waals surface area contributed by atoms with Gasteiger partial charge in [-0.05, 0) is 31.0 Å². The number of benzene rings is 1. The molecule has 1 nitrogen and oxygen atoms in total. The van der Waals surface area contributed by atoms with Crippen molar-refractivity contribution in [3.8, 4) is 12.3 Å². The van der Waals surface area contributed by atoms with E-state index in [0.29, 0.717) is 6.04 Å². The largest absolute Gasteiger partial charge is 0.382 e. The third kappa shape index (κ3) is 3.98. The van der Waals surface area contributed by atoms with Gasteiger partial charge in [0.2, 0.25) is 0 Å². The Balaban J connectivity index is 2.59. The maximum absolute atomic E-state index is 5.38. The predicted octanol–water partition coefficient (Wildman–Crippen LogP) is 4.05. The van der Waals surface area contributed by atoms with E-state index in [1.165, 1.54) is 19.3 Å². The number of hydrogen-bond acceptors (Lipinski definition) is 1. The highest BCUT2D eigenvalue weighted by Crippen LogP contribution is 2.15. The van der Waals surface area contributed by atoms with E-state index < -0.39 is 0 Å². The second-order valence-electron chi connectivity index (χ2n) is 4.12. The first kappa shape index (κ1) is 12.6. The molecule has 0 aliphatic carbocycles. The van der Waals surface area contributed by atoms with Gasteiger partial charge in [0.25, 0.3) is 0 Å². The minimum Gasteiger partial charge on any atom is -0.382 e. The molecule has 1 unspecified atom stereocenters. The third-order valence-electron chi connectivity index (χ3n) is 2.80. The first-order valence-corrected chi connectivity index (χ1v) is 6.13. The summed E-state index contributed by atoms with van der Waals surface area (Å²) in [4.78, 5) is 0. The van der Waals surface area contributed by atoms with Gasteiger partial charge in [-0.15, -0.1) is 6.42 Å². The standard InChI is InChI=1S/C15H21N/c1-4-7-10-14(6-3)16-15-11-8-9-13(5-2)12-15/h2,8-9,11-12,14,16H,4,6-7,10H2,1,3H3. The van der Waals surface area contributed by atoms with Gasteiger partial charge in [-0.1, -0.05) is 38.7 Å². The third-order valence-corrected chi connectivity index (χ3v) is 2.80. The van der Waals surface area contributed by atoms with Crippen LogP contribution < -0.4 is 5.32 Å². The van der Waals surface area contributed by atoms with Crippen LogP contribution in [0, 0.1) is 12.3 Å². The average Bonchev–Trinajstić information content (AvgIpc) is 2.34. The van der Waals surface area contributed by atoms with E-state index in [2.05, 4.69) is 31.2 Å². The van der Waals surface area contributed by atoms with E-state index >= 15 is 0 Å². The number of unbranched alkanes of at least 4 members (excludes halogenated alkanes) is 1. The quantitative estimate of drug-likeness (QED) is 0.706. The zero-order valence-electron chi connectivity index (χ0n) is 10.3.